The van der Waals surface area contributed by atoms with Gasteiger partial charge in [-0.1, -0.05) is 66.2 Å². The molecule has 27 heavy (non-hydrogen) atoms. The summed E-state index contributed by atoms with van der Waals surface area (Å²) in [6, 6.07) is 0. The van der Waals surface area contributed by atoms with Gasteiger partial charge in [-0.05, 0) is 24.7 Å². The van der Waals surface area contributed by atoms with Gasteiger partial charge in [0, 0.05) is 42.6 Å². The Hall–Kier alpha value is 0.180. The van der Waals surface area contributed by atoms with E-state index in [2.05, 4.69) is 27.7 Å². The van der Waals surface area contributed by atoms with Crippen LogP contribution in [0, 0.1) is 11.8 Å². The second-order valence-electron chi connectivity index (χ2n) is 7.14. The van der Waals surface area contributed by atoms with Gasteiger partial charge in [-0.2, -0.15) is 8.42 Å². The summed E-state index contributed by atoms with van der Waals surface area (Å²) < 4.78 is 36.7. The van der Waals surface area contributed by atoms with E-state index in [9.17, 15) is 13.2 Å². The van der Waals surface area contributed by atoms with Gasteiger partial charge in [0.1, 0.15) is 0 Å². The molecule has 0 aliphatic rings. The first-order chi connectivity index (χ1) is 12.3. The zero-order valence-corrected chi connectivity index (χ0v) is 20.9. The van der Waals surface area contributed by atoms with Crippen LogP contribution < -0.4 is 0 Å². The van der Waals surface area contributed by atoms with Crippen LogP contribution in [-0.4, -0.2) is 79.0 Å². The van der Waals surface area contributed by atoms with Crippen LogP contribution in [0.5, 0.6) is 0 Å². The van der Waals surface area contributed by atoms with Crippen molar-refractivity contribution in [2.45, 2.75) is 79.1 Å². The molecule has 0 bridgehead atoms. The molecular formula is C19H39NNaO5S. The molecule has 0 rings (SSSR count). The van der Waals surface area contributed by atoms with Gasteiger partial charge >= 0.3 is 6.09 Å². The van der Waals surface area contributed by atoms with Crippen LogP contribution in [0.4, 0.5) is 4.79 Å². The molecule has 0 aliphatic heterocycles. The topological polar surface area (TPSA) is 83.9 Å². The number of carbonyl (C=O) groups excluding carboxylic acids is 1. The molecule has 0 saturated heterocycles. The first-order valence-corrected chi connectivity index (χ1v) is 11.7. The Labute approximate surface area is 188 Å². The molecule has 0 aromatic rings. The monoisotopic (exact) mass is 416 g/mol. The van der Waals surface area contributed by atoms with Gasteiger partial charge in [-0.25, -0.2) is 4.79 Å². The molecule has 0 aliphatic carbocycles. The Morgan fingerprint density at radius 3 is 1.96 bits per heavy atom. The minimum absolute atomic E-state index is 0. The van der Waals surface area contributed by atoms with Crippen LogP contribution in [0.2, 0.25) is 0 Å². The summed E-state index contributed by atoms with van der Waals surface area (Å²) in [4.78, 5) is 14.0. The average Bonchev–Trinajstić information content (AvgIpc) is 2.60. The molecule has 1 amide bonds. The summed E-state index contributed by atoms with van der Waals surface area (Å²) in [6.07, 6.45) is 7.80. The molecule has 8 heteroatoms. The van der Waals surface area contributed by atoms with E-state index in [0.29, 0.717) is 25.0 Å². The van der Waals surface area contributed by atoms with Gasteiger partial charge in [0.15, 0.2) is 0 Å². The summed E-state index contributed by atoms with van der Waals surface area (Å²) in [7, 11) is -4.11. The number of amides is 1. The van der Waals surface area contributed by atoms with Crippen LogP contribution in [0.15, 0.2) is 0 Å². The number of hydrogen-bond acceptors (Lipinski definition) is 4. The molecule has 1 N–H and O–H groups in total. The fraction of sp³-hybridized carbons (Fsp3) is 0.947. The van der Waals surface area contributed by atoms with Crippen LogP contribution >= 0.6 is 0 Å². The van der Waals surface area contributed by atoms with Crippen molar-refractivity contribution in [3.63, 3.8) is 0 Å². The van der Waals surface area contributed by atoms with Gasteiger partial charge in [0.25, 0.3) is 10.1 Å². The van der Waals surface area contributed by atoms with Crippen LogP contribution in [0.25, 0.3) is 0 Å². The van der Waals surface area contributed by atoms with E-state index < -0.39 is 22.0 Å². The number of nitrogens with zero attached hydrogens (tertiary/aromatic N) is 1. The first-order valence-electron chi connectivity index (χ1n) is 10.1. The molecule has 0 aromatic carbocycles. The third-order valence-electron chi connectivity index (χ3n) is 4.89. The Bertz CT molecular complexity index is 473. The van der Waals surface area contributed by atoms with Crippen LogP contribution in [0.3, 0.4) is 0 Å². The van der Waals surface area contributed by atoms with Crippen molar-refractivity contribution in [2.75, 3.05) is 25.4 Å². The number of unbranched alkanes of at least 4 members (excludes halogenated alkanes) is 2. The zero-order valence-electron chi connectivity index (χ0n) is 18.1. The van der Waals surface area contributed by atoms with Crippen LogP contribution in [-0.2, 0) is 14.9 Å². The molecule has 0 aromatic heterocycles. The Morgan fingerprint density at radius 1 is 1.00 bits per heavy atom. The molecular weight excluding hydrogens is 377 g/mol. The van der Waals surface area contributed by atoms with Crippen molar-refractivity contribution in [3.8, 4) is 0 Å². The molecule has 1 radical (unpaired) electrons. The summed E-state index contributed by atoms with van der Waals surface area (Å²) in [5.74, 6) is 0.189. The van der Waals surface area contributed by atoms with Crippen molar-refractivity contribution in [1.82, 2.24) is 4.90 Å². The maximum absolute atomic E-state index is 12.5. The van der Waals surface area contributed by atoms with Crippen LogP contribution in [0.1, 0.15) is 79.1 Å². The van der Waals surface area contributed by atoms with Gasteiger partial charge in [-0.15, -0.1) is 0 Å². The minimum Gasteiger partial charge on any atom is -0.449 e. The fourth-order valence-corrected chi connectivity index (χ4v) is 3.34. The van der Waals surface area contributed by atoms with Crippen molar-refractivity contribution in [1.29, 1.82) is 0 Å². The second kappa shape index (κ2) is 17.1. The van der Waals surface area contributed by atoms with Gasteiger partial charge in [0.05, 0.1) is 12.4 Å². The average molecular weight is 417 g/mol. The normalized spacial score (nSPS) is 13.5. The largest absolute Gasteiger partial charge is 0.449 e. The fourth-order valence-electron chi connectivity index (χ4n) is 2.89. The SMILES string of the molecule is CCCCC(CC)COC(=O)N(CCS(=O)(=O)O)CC(CC)CCCC.[Na]. The minimum atomic E-state index is -4.11. The van der Waals surface area contributed by atoms with Gasteiger partial charge < -0.3 is 9.64 Å². The standard InChI is InChI=1S/C19H39NO5S.Na/c1-5-9-11-17(7-3)15-20(13-14-26(22,23)24)19(21)25-16-18(8-4)12-10-6-2;/h17-18H,5-16H2,1-4H3,(H,22,23,24);. The molecule has 0 fully saturated rings. The van der Waals surface area contributed by atoms with Crippen molar-refractivity contribution in [3.05, 3.63) is 0 Å². The Balaban J connectivity index is 0. The van der Waals surface area contributed by atoms with E-state index in [0.717, 1.165) is 51.4 Å². The van der Waals surface area contributed by atoms with Gasteiger partial charge in [-0.3, -0.25) is 4.55 Å². The maximum Gasteiger partial charge on any atom is 0.409 e. The summed E-state index contributed by atoms with van der Waals surface area (Å²) in [6.45, 7) is 9.22. The molecule has 0 saturated carbocycles. The van der Waals surface area contributed by atoms with E-state index in [-0.39, 0.29) is 36.1 Å². The predicted octanol–water partition coefficient (Wildman–Crippen LogP) is 4.36. The maximum atomic E-state index is 12.5. The van der Waals surface area contributed by atoms with E-state index in [1.165, 1.54) is 4.90 Å². The van der Waals surface area contributed by atoms with E-state index in [1.54, 1.807) is 0 Å². The second-order valence-corrected chi connectivity index (χ2v) is 8.71. The third-order valence-corrected chi connectivity index (χ3v) is 5.58. The number of ether oxygens (including phenoxy) is 1. The third kappa shape index (κ3) is 15.7. The zero-order chi connectivity index (χ0) is 20.0. The smallest absolute Gasteiger partial charge is 0.409 e. The molecule has 0 heterocycles. The van der Waals surface area contributed by atoms with Crippen molar-refractivity contribution < 1.29 is 22.5 Å². The molecule has 6 nitrogen and oxygen atoms in total. The number of carbonyl (C=O) groups is 1. The van der Waals surface area contributed by atoms with Gasteiger partial charge in [0.2, 0.25) is 0 Å². The molecule has 2 atom stereocenters. The Kier molecular flexibility index (Phi) is 18.6. The summed E-state index contributed by atoms with van der Waals surface area (Å²) in [5.41, 5.74) is 0. The Morgan fingerprint density at radius 2 is 1.52 bits per heavy atom. The van der Waals surface area contributed by atoms with E-state index in [1.807, 2.05) is 0 Å². The number of rotatable bonds is 15. The molecule has 157 valence electrons. The van der Waals surface area contributed by atoms with E-state index in [4.69, 9.17) is 9.29 Å². The first kappa shape index (κ1) is 29.4. The molecule has 2 unspecified atom stereocenters. The van der Waals surface area contributed by atoms with E-state index >= 15 is 0 Å². The quantitative estimate of drug-likeness (QED) is 0.317. The summed E-state index contributed by atoms with van der Waals surface area (Å²) in [5, 5.41) is 0. The predicted molar refractivity (Wildman–Crippen MR) is 112 cm³/mol. The number of hydrogen-bond donors (Lipinski definition) is 1. The summed E-state index contributed by atoms with van der Waals surface area (Å²) >= 11 is 0. The van der Waals surface area contributed by atoms with Crippen molar-refractivity contribution in [2.24, 2.45) is 11.8 Å². The van der Waals surface area contributed by atoms with Crippen molar-refractivity contribution >= 4 is 45.8 Å². The molecule has 0 spiro atoms.